The molecule has 3 rings (SSSR count). The molecule has 7 heteroatoms. The van der Waals surface area contributed by atoms with Crippen LogP contribution in [0.25, 0.3) is 0 Å². The van der Waals surface area contributed by atoms with Crippen molar-refractivity contribution < 1.29 is 19.1 Å². The number of piperidine rings is 1. The number of rotatable bonds is 4. The molecular weight excluding hydrogens is 313 g/mol. The van der Waals surface area contributed by atoms with Gasteiger partial charge < -0.3 is 15.3 Å². The summed E-state index contributed by atoms with van der Waals surface area (Å²) in [6.07, 6.45) is 1.86. The number of halogens is 1. The molecule has 6 nitrogen and oxygen atoms in total. The average Bonchev–Trinajstić information content (AvgIpc) is 2.53. The van der Waals surface area contributed by atoms with Crippen molar-refractivity contribution >= 4 is 11.8 Å². The van der Waals surface area contributed by atoms with E-state index in [1.165, 1.54) is 12.1 Å². The van der Waals surface area contributed by atoms with E-state index in [4.69, 9.17) is 5.11 Å². The number of carbonyl (C=O) groups excluding carboxylic acids is 2. The van der Waals surface area contributed by atoms with E-state index >= 15 is 0 Å². The molecule has 2 aliphatic heterocycles. The minimum Gasteiger partial charge on any atom is -0.392 e. The Hall–Kier alpha value is -1.99. The molecule has 0 radical (unpaired) electrons. The van der Waals surface area contributed by atoms with Crippen molar-refractivity contribution in [2.75, 3.05) is 26.7 Å². The Morgan fingerprint density at radius 3 is 2.83 bits per heavy atom. The van der Waals surface area contributed by atoms with E-state index in [1.807, 2.05) is 7.05 Å². The topological polar surface area (TPSA) is 72.9 Å². The summed E-state index contributed by atoms with van der Waals surface area (Å²) in [5, 5.41) is 11.8. The van der Waals surface area contributed by atoms with Gasteiger partial charge in [0.05, 0.1) is 18.7 Å². The van der Waals surface area contributed by atoms with Crippen molar-refractivity contribution in [3.63, 3.8) is 0 Å². The van der Waals surface area contributed by atoms with Crippen LogP contribution in [0.2, 0.25) is 0 Å². The van der Waals surface area contributed by atoms with Gasteiger partial charge in [0.2, 0.25) is 5.91 Å². The minimum atomic E-state index is -0.587. The molecule has 2 N–H and O–H groups in total. The highest BCUT2D eigenvalue weighted by Gasteiger charge is 2.39. The number of hydrogen-bond acceptors (Lipinski definition) is 4. The van der Waals surface area contributed by atoms with Crippen LogP contribution in [-0.2, 0) is 11.4 Å². The van der Waals surface area contributed by atoms with Crippen LogP contribution in [0.5, 0.6) is 0 Å². The lowest BCUT2D eigenvalue weighted by atomic mass is 9.97. The number of carbonyl (C=O) groups is 2. The first-order valence-corrected chi connectivity index (χ1v) is 8.18. The molecule has 0 spiro atoms. The average molecular weight is 335 g/mol. The third-order valence-corrected chi connectivity index (χ3v) is 4.80. The van der Waals surface area contributed by atoms with Crippen molar-refractivity contribution in [2.24, 2.45) is 0 Å². The molecule has 130 valence electrons. The van der Waals surface area contributed by atoms with Crippen molar-refractivity contribution in [3.8, 4) is 0 Å². The van der Waals surface area contributed by atoms with Gasteiger partial charge in [-0.2, -0.15) is 0 Å². The summed E-state index contributed by atoms with van der Waals surface area (Å²) < 4.78 is 13.6. The van der Waals surface area contributed by atoms with Gasteiger partial charge >= 0.3 is 0 Å². The summed E-state index contributed by atoms with van der Waals surface area (Å²) in [4.78, 5) is 28.1. The smallest absolute Gasteiger partial charge is 0.251 e. The number of likely N-dealkylation sites (N-methyl/N-ethyl adjacent to an activating group) is 1. The fraction of sp³-hybridized carbons (Fsp3) is 0.529. The summed E-state index contributed by atoms with van der Waals surface area (Å²) >= 11 is 0. The Morgan fingerprint density at radius 2 is 2.17 bits per heavy atom. The third kappa shape index (κ3) is 3.27. The summed E-state index contributed by atoms with van der Waals surface area (Å²) in [5.74, 6) is -0.779. The summed E-state index contributed by atoms with van der Waals surface area (Å²) in [5.41, 5.74) is 0.401. The highest BCUT2D eigenvalue weighted by atomic mass is 19.1. The normalized spacial score (nSPS) is 22.4. The van der Waals surface area contributed by atoms with Crippen LogP contribution in [0.1, 0.15) is 28.8 Å². The zero-order chi connectivity index (χ0) is 17.3. The van der Waals surface area contributed by atoms with E-state index in [9.17, 15) is 14.0 Å². The van der Waals surface area contributed by atoms with Gasteiger partial charge in [-0.15, -0.1) is 0 Å². The third-order valence-electron chi connectivity index (χ3n) is 4.80. The molecule has 2 aliphatic rings. The second kappa shape index (κ2) is 6.86. The first-order valence-electron chi connectivity index (χ1n) is 8.18. The summed E-state index contributed by atoms with van der Waals surface area (Å²) in [6, 6.07) is 3.93. The Kier molecular flexibility index (Phi) is 4.82. The van der Waals surface area contributed by atoms with E-state index in [0.29, 0.717) is 13.1 Å². The van der Waals surface area contributed by atoms with E-state index in [2.05, 4.69) is 10.2 Å². The van der Waals surface area contributed by atoms with E-state index in [1.54, 1.807) is 4.90 Å². The molecule has 0 aliphatic carbocycles. The maximum Gasteiger partial charge on any atom is 0.251 e. The highest BCUT2D eigenvalue weighted by molar-refractivity contribution is 5.94. The molecule has 2 heterocycles. The Morgan fingerprint density at radius 1 is 1.42 bits per heavy atom. The molecule has 24 heavy (non-hydrogen) atoms. The van der Waals surface area contributed by atoms with Gasteiger partial charge in [0.15, 0.2) is 0 Å². The number of nitrogens with zero attached hydrogens (tertiary/aromatic N) is 2. The predicted octanol–water partition coefficient (Wildman–Crippen LogP) is 0.353. The first kappa shape index (κ1) is 16.9. The fourth-order valence-electron chi connectivity index (χ4n) is 3.29. The van der Waals surface area contributed by atoms with Crippen molar-refractivity contribution in [3.05, 3.63) is 35.1 Å². The van der Waals surface area contributed by atoms with Gasteiger partial charge in [0.1, 0.15) is 5.82 Å². The van der Waals surface area contributed by atoms with Crippen LogP contribution in [0, 0.1) is 5.82 Å². The molecule has 2 fully saturated rings. The summed E-state index contributed by atoms with van der Waals surface area (Å²) in [7, 11) is 1.82. The number of aliphatic hydroxyl groups excluding tert-OH is 1. The number of benzene rings is 1. The van der Waals surface area contributed by atoms with Gasteiger partial charge in [-0.1, -0.05) is 6.07 Å². The van der Waals surface area contributed by atoms with Crippen LogP contribution in [0.3, 0.4) is 0 Å². The second-order valence-electron chi connectivity index (χ2n) is 6.51. The van der Waals surface area contributed by atoms with Crippen LogP contribution >= 0.6 is 0 Å². The molecule has 1 aromatic rings. The van der Waals surface area contributed by atoms with Gasteiger partial charge in [-0.25, -0.2) is 4.39 Å². The number of hydrogen-bond donors (Lipinski definition) is 2. The highest BCUT2D eigenvalue weighted by Crippen LogP contribution is 2.22. The molecule has 0 bridgehead atoms. The van der Waals surface area contributed by atoms with E-state index < -0.39 is 12.4 Å². The SMILES string of the molecule is CN1CCCC(N2CC(NC(=O)c3ccc(CO)c(F)c3)C2)C1=O. The Balaban J connectivity index is 1.53. The molecule has 0 aromatic heterocycles. The predicted molar refractivity (Wildman–Crippen MR) is 85.8 cm³/mol. The molecule has 1 aromatic carbocycles. The maximum absolute atomic E-state index is 13.6. The lowest BCUT2D eigenvalue weighted by Crippen LogP contribution is -2.65. The van der Waals surface area contributed by atoms with Crippen LogP contribution in [0.15, 0.2) is 18.2 Å². The number of nitrogens with one attached hydrogen (secondary N) is 1. The van der Waals surface area contributed by atoms with Crippen LogP contribution in [-0.4, -0.2) is 65.5 Å². The largest absolute Gasteiger partial charge is 0.392 e. The molecular formula is C17H22FN3O3. The quantitative estimate of drug-likeness (QED) is 0.833. The summed E-state index contributed by atoms with van der Waals surface area (Å²) in [6.45, 7) is 1.67. The number of likely N-dealkylation sites (tertiary alicyclic amines) is 2. The zero-order valence-electron chi connectivity index (χ0n) is 13.7. The standard InChI is InChI=1S/C17H22FN3O3/c1-20-6-2-3-15(17(20)24)21-8-13(9-21)19-16(23)11-4-5-12(10-22)14(18)7-11/h4-5,7,13,15,22H,2-3,6,8-10H2,1H3,(H,19,23). The van der Waals surface area contributed by atoms with Gasteiger partial charge in [-0.3, -0.25) is 14.5 Å². The van der Waals surface area contributed by atoms with Crippen molar-refractivity contribution in [1.29, 1.82) is 0 Å². The lowest BCUT2D eigenvalue weighted by Gasteiger charge is -2.46. The molecule has 2 saturated heterocycles. The second-order valence-corrected chi connectivity index (χ2v) is 6.51. The first-order chi connectivity index (χ1) is 11.5. The van der Waals surface area contributed by atoms with E-state index in [0.717, 1.165) is 25.5 Å². The van der Waals surface area contributed by atoms with Crippen molar-refractivity contribution in [2.45, 2.75) is 31.5 Å². The van der Waals surface area contributed by atoms with Gasteiger partial charge in [-0.05, 0) is 25.0 Å². The van der Waals surface area contributed by atoms with Gasteiger partial charge in [0.25, 0.3) is 5.91 Å². The number of amides is 2. The molecule has 2 amide bonds. The van der Waals surface area contributed by atoms with E-state index in [-0.39, 0.29) is 35.0 Å². The molecule has 1 atom stereocenters. The monoisotopic (exact) mass is 335 g/mol. The van der Waals surface area contributed by atoms with Crippen molar-refractivity contribution in [1.82, 2.24) is 15.1 Å². The maximum atomic E-state index is 13.6. The lowest BCUT2D eigenvalue weighted by molar-refractivity contribution is -0.141. The van der Waals surface area contributed by atoms with Crippen LogP contribution in [0.4, 0.5) is 4.39 Å². The molecule has 1 unspecified atom stereocenters. The Bertz CT molecular complexity index is 646. The van der Waals surface area contributed by atoms with Crippen LogP contribution < -0.4 is 5.32 Å². The Labute approximate surface area is 140 Å². The number of aliphatic hydroxyl groups is 1. The minimum absolute atomic E-state index is 0.0295. The molecule has 0 saturated carbocycles. The van der Waals surface area contributed by atoms with Gasteiger partial charge in [0, 0.05) is 37.8 Å². The fourth-order valence-corrected chi connectivity index (χ4v) is 3.29. The zero-order valence-corrected chi connectivity index (χ0v) is 13.7.